The van der Waals surface area contributed by atoms with Gasteiger partial charge in [-0.1, -0.05) is 25.4 Å². The maximum atomic E-state index is 13.2. The molecule has 0 saturated carbocycles. The third-order valence-corrected chi connectivity index (χ3v) is 8.41. The van der Waals surface area contributed by atoms with Crippen molar-refractivity contribution >= 4 is 17.5 Å². The van der Waals surface area contributed by atoms with Crippen molar-refractivity contribution in [1.82, 2.24) is 9.80 Å². The summed E-state index contributed by atoms with van der Waals surface area (Å²) in [4.78, 5) is 17.3. The summed E-state index contributed by atoms with van der Waals surface area (Å²) in [5, 5.41) is 21.5. The molecule has 3 aliphatic heterocycles. The lowest BCUT2D eigenvalue weighted by Gasteiger charge is -2.39. The zero-order chi connectivity index (χ0) is 26.2. The van der Waals surface area contributed by atoms with Gasteiger partial charge in [0.1, 0.15) is 35.6 Å². The molecule has 1 spiro atoms. The number of halogens is 1. The molecule has 3 heterocycles. The van der Waals surface area contributed by atoms with Crippen molar-refractivity contribution in [3.8, 4) is 17.2 Å². The summed E-state index contributed by atoms with van der Waals surface area (Å²) in [6, 6.07) is 10.4. The van der Waals surface area contributed by atoms with Crippen molar-refractivity contribution in [3.05, 3.63) is 52.5 Å². The van der Waals surface area contributed by atoms with Gasteiger partial charge in [-0.2, -0.15) is 0 Å². The fourth-order valence-corrected chi connectivity index (χ4v) is 6.05. The summed E-state index contributed by atoms with van der Waals surface area (Å²) in [6.45, 7) is 7.99. The number of phenols is 1. The van der Waals surface area contributed by atoms with Crippen LogP contribution in [0.25, 0.3) is 0 Å². The fourth-order valence-electron chi connectivity index (χ4n) is 5.85. The number of phenolic OH excluding ortho intramolecular Hbond substituents is 1. The predicted molar refractivity (Wildman–Crippen MR) is 143 cm³/mol. The molecule has 3 aliphatic rings. The zero-order valence-corrected chi connectivity index (χ0v) is 22.4. The molecule has 0 aliphatic carbocycles. The number of aliphatic hydroxyl groups is 1. The Labute approximate surface area is 223 Å². The lowest BCUT2D eigenvalue weighted by Crippen LogP contribution is -2.49. The molecule has 2 fully saturated rings. The van der Waals surface area contributed by atoms with E-state index in [1.165, 1.54) is 17.7 Å². The summed E-state index contributed by atoms with van der Waals surface area (Å²) in [7, 11) is 0. The fraction of sp³-hybridized carbons (Fsp3) is 0.552. The number of β-amino-alcohol motifs (C(OH)–C–C–N with tert-alkyl or cyclic N) is 1. The van der Waals surface area contributed by atoms with Gasteiger partial charge in [-0.25, -0.2) is 0 Å². The normalized spacial score (nSPS) is 21.8. The lowest BCUT2D eigenvalue weighted by atomic mass is 9.87. The molecule has 37 heavy (non-hydrogen) atoms. The second-order valence-corrected chi connectivity index (χ2v) is 11.6. The number of rotatable bonds is 7. The number of piperidine rings is 1. The van der Waals surface area contributed by atoms with Crippen LogP contribution in [0.2, 0.25) is 5.02 Å². The number of aliphatic hydroxyl groups excluding tert-OH is 1. The zero-order valence-electron chi connectivity index (χ0n) is 21.7. The molecule has 2 saturated heterocycles. The molecule has 7 nitrogen and oxygen atoms in total. The summed E-state index contributed by atoms with van der Waals surface area (Å²) in [5.74, 6) is 2.21. The number of nitrogens with zero attached hydrogens (tertiary/aromatic N) is 2. The summed E-state index contributed by atoms with van der Waals surface area (Å²) < 4.78 is 12.2. The molecule has 2 aromatic carbocycles. The van der Waals surface area contributed by atoms with Crippen molar-refractivity contribution in [1.29, 1.82) is 0 Å². The van der Waals surface area contributed by atoms with Crippen LogP contribution in [0.3, 0.4) is 0 Å². The van der Waals surface area contributed by atoms with Crippen molar-refractivity contribution in [2.75, 3.05) is 39.3 Å². The first-order chi connectivity index (χ1) is 17.7. The Hall–Kier alpha value is -2.48. The van der Waals surface area contributed by atoms with Gasteiger partial charge in [0, 0.05) is 63.1 Å². The van der Waals surface area contributed by atoms with E-state index >= 15 is 0 Å². The Balaban J connectivity index is 1.13. The topological polar surface area (TPSA) is 82.5 Å². The highest BCUT2D eigenvalue weighted by atomic mass is 35.5. The van der Waals surface area contributed by atoms with Crippen LogP contribution in [0, 0.1) is 11.8 Å². The largest absolute Gasteiger partial charge is 0.508 e. The second kappa shape index (κ2) is 10.7. The Morgan fingerprint density at radius 2 is 1.97 bits per heavy atom. The van der Waals surface area contributed by atoms with E-state index in [1.54, 1.807) is 6.07 Å². The maximum absolute atomic E-state index is 13.2. The number of likely N-dealkylation sites (tertiary alicyclic amines) is 2. The molecule has 5 rings (SSSR count). The van der Waals surface area contributed by atoms with Crippen LogP contribution in [-0.4, -0.2) is 77.0 Å². The Morgan fingerprint density at radius 1 is 1.19 bits per heavy atom. The molecule has 200 valence electrons. The molecule has 1 amide bonds. The molecule has 2 N–H and O–H groups in total. The van der Waals surface area contributed by atoms with E-state index in [0.29, 0.717) is 29.7 Å². The molecular formula is C29H37ClN2O5. The first-order valence-corrected chi connectivity index (χ1v) is 13.7. The molecule has 8 heteroatoms. The van der Waals surface area contributed by atoms with Gasteiger partial charge in [0.2, 0.25) is 0 Å². The number of amides is 1. The quantitative estimate of drug-likeness (QED) is 0.555. The number of benzene rings is 2. The number of ether oxygens (including phenoxy) is 2. The molecular weight excluding hydrogens is 492 g/mol. The molecule has 2 aromatic rings. The molecule has 0 aromatic heterocycles. The van der Waals surface area contributed by atoms with Gasteiger partial charge >= 0.3 is 0 Å². The Bertz CT molecular complexity index is 1130. The first-order valence-electron chi connectivity index (χ1n) is 13.3. The molecule has 0 unspecified atom stereocenters. The van der Waals surface area contributed by atoms with Gasteiger partial charge in [-0.3, -0.25) is 4.79 Å². The number of carbonyl (C=O) groups is 1. The summed E-state index contributed by atoms with van der Waals surface area (Å²) in [6.07, 6.45) is 2.90. The number of fused-ring (bicyclic) bond motifs is 1. The predicted octanol–water partition coefficient (Wildman–Crippen LogP) is 4.37. The van der Waals surface area contributed by atoms with Gasteiger partial charge < -0.3 is 29.5 Å². The Kier molecular flexibility index (Phi) is 7.57. The van der Waals surface area contributed by atoms with E-state index in [4.69, 9.17) is 21.1 Å². The Morgan fingerprint density at radius 3 is 2.70 bits per heavy atom. The van der Waals surface area contributed by atoms with Crippen LogP contribution < -0.4 is 9.47 Å². The van der Waals surface area contributed by atoms with Crippen LogP contribution in [0.15, 0.2) is 36.4 Å². The lowest BCUT2D eigenvalue weighted by molar-refractivity contribution is -0.00202. The molecule has 0 bridgehead atoms. The van der Waals surface area contributed by atoms with Gasteiger partial charge in [-0.15, -0.1) is 0 Å². The summed E-state index contributed by atoms with van der Waals surface area (Å²) in [5.41, 5.74) is 1.40. The van der Waals surface area contributed by atoms with Crippen molar-refractivity contribution < 1.29 is 24.5 Å². The standard InChI is InChI=1S/C29H37ClN2O5/c1-19(2)20-7-10-32(16-20)28(35)25-5-4-23(33)14-27(25)36-18-24(34)17-31-11-8-29(9-12-31)15-21-13-22(30)3-6-26(21)37-29/h3-6,13-14,19-20,24,33-34H,7-12,15-18H2,1-2H3/t20-,24-/m0/s1. The summed E-state index contributed by atoms with van der Waals surface area (Å²) >= 11 is 6.15. The van der Waals surface area contributed by atoms with E-state index < -0.39 is 6.10 Å². The number of hydrogen-bond acceptors (Lipinski definition) is 6. The van der Waals surface area contributed by atoms with Crippen LogP contribution in [-0.2, 0) is 6.42 Å². The van der Waals surface area contributed by atoms with Gasteiger partial charge in [0.25, 0.3) is 5.91 Å². The van der Waals surface area contributed by atoms with Crippen LogP contribution >= 0.6 is 11.6 Å². The SMILES string of the molecule is CC(C)[C@H]1CCN(C(=O)c2ccc(O)cc2OC[C@@H](O)CN2CCC3(CC2)Cc2cc(Cl)ccc2O3)C1. The van der Waals surface area contributed by atoms with E-state index in [2.05, 4.69) is 18.7 Å². The minimum Gasteiger partial charge on any atom is -0.508 e. The van der Waals surface area contributed by atoms with Crippen LogP contribution in [0.1, 0.15) is 49.0 Å². The second-order valence-electron chi connectivity index (χ2n) is 11.2. The third kappa shape index (κ3) is 5.84. The van der Waals surface area contributed by atoms with E-state index in [0.717, 1.165) is 62.6 Å². The highest BCUT2D eigenvalue weighted by Gasteiger charge is 2.42. The highest BCUT2D eigenvalue weighted by Crippen LogP contribution is 2.42. The van der Waals surface area contributed by atoms with E-state index in [-0.39, 0.29) is 23.9 Å². The van der Waals surface area contributed by atoms with Gasteiger partial charge in [0.15, 0.2) is 0 Å². The molecule has 2 atom stereocenters. The number of hydrogen-bond donors (Lipinski definition) is 2. The average Bonchev–Trinajstić information content (AvgIpc) is 3.49. The van der Waals surface area contributed by atoms with Gasteiger partial charge in [0.05, 0.1) is 5.56 Å². The first kappa shape index (κ1) is 26.1. The minimum absolute atomic E-state index is 0.0303. The average molecular weight is 529 g/mol. The number of aromatic hydroxyl groups is 1. The third-order valence-electron chi connectivity index (χ3n) is 8.18. The minimum atomic E-state index is -0.725. The van der Waals surface area contributed by atoms with Crippen LogP contribution in [0.4, 0.5) is 0 Å². The van der Waals surface area contributed by atoms with Crippen LogP contribution in [0.5, 0.6) is 17.2 Å². The van der Waals surface area contributed by atoms with Crippen molar-refractivity contribution in [3.63, 3.8) is 0 Å². The maximum Gasteiger partial charge on any atom is 0.257 e. The molecule has 0 radical (unpaired) electrons. The van der Waals surface area contributed by atoms with E-state index in [9.17, 15) is 15.0 Å². The van der Waals surface area contributed by atoms with Crippen molar-refractivity contribution in [2.24, 2.45) is 11.8 Å². The number of carbonyl (C=O) groups excluding carboxylic acids is 1. The monoisotopic (exact) mass is 528 g/mol. The van der Waals surface area contributed by atoms with E-state index in [1.807, 2.05) is 23.1 Å². The van der Waals surface area contributed by atoms with Crippen molar-refractivity contribution in [2.45, 2.75) is 51.2 Å². The highest BCUT2D eigenvalue weighted by molar-refractivity contribution is 6.30. The smallest absolute Gasteiger partial charge is 0.257 e. The van der Waals surface area contributed by atoms with Gasteiger partial charge in [-0.05, 0) is 54.2 Å².